The Morgan fingerprint density at radius 3 is 2.58 bits per heavy atom. The second-order valence-corrected chi connectivity index (χ2v) is 5.30. The lowest BCUT2D eigenvalue weighted by molar-refractivity contribution is 0.478. The van der Waals surface area contributed by atoms with Crippen LogP contribution in [-0.2, 0) is 5.33 Å². The van der Waals surface area contributed by atoms with Crippen molar-refractivity contribution in [2.75, 3.05) is 19.0 Å². The van der Waals surface area contributed by atoms with Crippen LogP contribution < -0.4 is 9.64 Å². The monoisotopic (exact) mass is 319 g/mol. The van der Waals surface area contributed by atoms with Crippen LogP contribution in [0, 0.1) is 6.92 Å². The molecule has 2 aromatic carbocycles. The van der Waals surface area contributed by atoms with Crippen LogP contribution in [0.4, 0.5) is 5.69 Å². The molecule has 0 amide bonds. The van der Waals surface area contributed by atoms with E-state index in [1.54, 1.807) is 0 Å². The third kappa shape index (κ3) is 3.51. The minimum absolute atomic E-state index is 0.789. The van der Waals surface area contributed by atoms with Crippen molar-refractivity contribution in [3.05, 3.63) is 53.6 Å². The molecule has 2 nitrogen and oxygen atoms in total. The summed E-state index contributed by atoms with van der Waals surface area (Å²) < 4.78 is 5.99. The van der Waals surface area contributed by atoms with E-state index >= 15 is 0 Å². The van der Waals surface area contributed by atoms with Crippen LogP contribution in [0.2, 0.25) is 0 Å². The molecular formula is C16H18BrNO. The Balaban J connectivity index is 2.28. The molecule has 2 aromatic rings. The molecule has 0 saturated carbocycles. The highest BCUT2D eigenvalue weighted by atomic mass is 79.9. The minimum atomic E-state index is 0.789. The van der Waals surface area contributed by atoms with Crippen molar-refractivity contribution in [1.29, 1.82) is 0 Å². The lowest BCUT2D eigenvalue weighted by Crippen LogP contribution is -2.08. The fourth-order valence-electron chi connectivity index (χ4n) is 1.86. The number of alkyl halides is 1. The van der Waals surface area contributed by atoms with E-state index in [-0.39, 0.29) is 0 Å². The van der Waals surface area contributed by atoms with Gasteiger partial charge in [0.1, 0.15) is 11.5 Å². The van der Waals surface area contributed by atoms with Gasteiger partial charge < -0.3 is 9.64 Å². The Kier molecular flexibility index (Phi) is 4.48. The highest BCUT2D eigenvalue weighted by molar-refractivity contribution is 9.08. The van der Waals surface area contributed by atoms with E-state index in [1.165, 1.54) is 5.56 Å². The third-order valence-corrected chi connectivity index (χ3v) is 3.53. The van der Waals surface area contributed by atoms with Gasteiger partial charge in [-0.2, -0.15) is 0 Å². The summed E-state index contributed by atoms with van der Waals surface area (Å²) >= 11 is 3.51. The van der Waals surface area contributed by atoms with E-state index in [1.807, 2.05) is 38.4 Å². The fraction of sp³-hybridized carbons (Fsp3) is 0.250. The Hall–Kier alpha value is -1.48. The number of nitrogens with zero attached hydrogens (tertiary/aromatic N) is 1. The number of hydrogen-bond donors (Lipinski definition) is 0. The molecular weight excluding hydrogens is 302 g/mol. The zero-order chi connectivity index (χ0) is 13.8. The number of benzene rings is 2. The van der Waals surface area contributed by atoms with Crippen LogP contribution >= 0.6 is 15.9 Å². The van der Waals surface area contributed by atoms with Crippen molar-refractivity contribution in [2.45, 2.75) is 12.3 Å². The van der Waals surface area contributed by atoms with Gasteiger partial charge in [0, 0.05) is 36.7 Å². The van der Waals surface area contributed by atoms with Crippen molar-refractivity contribution < 1.29 is 4.74 Å². The molecule has 0 heterocycles. The van der Waals surface area contributed by atoms with Crippen molar-refractivity contribution in [2.24, 2.45) is 0 Å². The number of rotatable bonds is 4. The van der Waals surface area contributed by atoms with Gasteiger partial charge in [0.25, 0.3) is 0 Å². The second kappa shape index (κ2) is 6.11. The average molecular weight is 320 g/mol. The maximum Gasteiger partial charge on any atom is 0.131 e. The van der Waals surface area contributed by atoms with Gasteiger partial charge in [0.05, 0.1) is 0 Å². The molecule has 0 saturated heterocycles. The molecule has 0 aliphatic carbocycles. The van der Waals surface area contributed by atoms with Crippen molar-refractivity contribution in [3.8, 4) is 11.5 Å². The van der Waals surface area contributed by atoms with Crippen molar-refractivity contribution in [3.63, 3.8) is 0 Å². The smallest absolute Gasteiger partial charge is 0.131 e. The minimum Gasteiger partial charge on any atom is -0.457 e. The molecule has 0 aliphatic heterocycles. The van der Waals surface area contributed by atoms with Crippen LogP contribution in [-0.4, -0.2) is 14.1 Å². The molecule has 100 valence electrons. The Morgan fingerprint density at radius 2 is 1.89 bits per heavy atom. The first-order valence-corrected chi connectivity index (χ1v) is 7.33. The third-order valence-electron chi connectivity index (χ3n) is 2.92. The molecule has 0 fully saturated rings. The normalized spacial score (nSPS) is 10.3. The number of aryl methyl sites for hydroxylation is 1. The highest BCUT2D eigenvalue weighted by Gasteiger charge is 2.05. The van der Waals surface area contributed by atoms with Gasteiger partial charge in [-0.05, 0) is 25.1 Å². The van der Waals surface area contributed by atoms with E-state index in [4.69, 9.17) is 4.74 Å². The Labute approximate surface area is 123 Å². The summed E-state index contributed by atoms with van der Waals surface area (Å²) in [6.45, 7) is 2.09. The molecule has 2 rings (SSSR count). The zero-order valence-corrected chi connectivity index (χ0v) is 13.1. The lowest BCUT2D eigenvalue weighted by Gasteiger charge is -2.15. The molecule has 3 heteroatoms. The molecule has 19 heavy (non-hydrogen) atoms. The van der Waals surface area contributed by atoms with E-state index in [9.17, 15) is 0 Å². The molecule has 0 aromatic heterocycles. The summed E-state index contributed by atoms with van der Waals surface area (Å²) in [5.74, 6) is 1.76. The molecule has 0 spiro atoms. The number of halogens is 1. The zero-order valence-electron chi connectivity index (χ0n) is 11.5. The first-order valence-electron chi connectivity index (χ1n) is 6.21. The summed E-state index contributed by atoms with van der Waals surface area (Å²) in [4.78, 5) is 2.06. The van der Waals surface area contributed by atoms with E-state index < -0.39 is 0 Å². The topological polar surface area (TPSA) is 12.5 Å². The summed E-state index contributed by atoms with van der Waals surface area (Å²) in [6, 6.07) is 14.3. The molecule has 0 aliphatic rings. The quantitative estimate of drug-likeness (QED) is 0.754. The van der Waals surface area contributed by atoms with Crippen LogP contribution in [0.25, 0.3) is 0 Å². The molecule has 0 unspecified atom stereocenters. The summed E-state index contributed by atoms with van der Waals surface area (Å²) in [6.07, 6.45) is 0. The van der Waals surface area contributed by atoms with Gasteiger partial charge in [-0.3, -0.25) is 0 Å². The van der Waals surface area contributed by atoms with Crippen LogP contribution in [0.5, 0.6) is 11.5 Å². The summed E-state index contributed by atoms with van der Waals surface area (Å²) in [7, 11) is 4.05. The van der Waals surface area contributed by atoms with Gasteiger partial charge in [-0.25, -0.2) is 0 Å². The van der Waals surface area contributed by atoms with Gasteiger partial charge in [-0.15, -0.1) is 0 Å². The molecule has 0 radical (unpaired) electrons. The number of ether oxygens (including phenoxy) is 1. The van der Waals surface area contributed by atoms with Crippen LogP contribution in [0.1, 0.15) is 11.1 Å². The first kappa shape index (κ1) is 13.9. The maximum absolute atomic E-state index is 5.99. The predicted octanol–water partition coefficient (Wildman–Crippen LogP) is 4.75. The fourth-order valence-corrected chi connectivity index (χ4v) is 2.30. The van der Waals surface area contributed by atoms with E-state index in [0.29, 0.717) is 0 Å². The number of anilines is 1. The van der Waals surface area contributed by atoms with Gasteiger partial charge in [0.2, 0.25) is 0 Å². The average Bonchev–Trinajstić information content (AvgIpc) is 2.41. The molecule has 0 bridgehead atoms. The van der Waals surface area contributed by atoms with Gasteiger partial charge in [-0.1, -0.05) is 39.7 Å². The number of hydrogen-bond acceptors (Lipinski definition) is 2. The van der Waals surface area contributed by atoms with Crippen LogP contribution in [0.3, 0.4) is 0 Å². The summed E-state index contributed by atoms with van der Waals surface area (Å²) in [5, 5.41) is 0.789. The molecule has 0 N–H and O–H groups in total. The van der Waals surface area contributed by atoms with Crippen molar-refractivity contribution in [1.82, 2.24) is 0 Å². The largest absolute Gasteiger partial charge is 0.457 e. The predicted molar refractivity (Wildman–Crippen MR) is 84.7 cm³/mol. The highest BCUT2D eigenvalue weighted by Crippen LogP contribution is 2.29. The SMILES string of the molecule is Cc1ccc(Oc2cccc(N(C)C)c2)c(CBr)c1. The Morgan fingerprint density at radius 1 is 1.11 bits per heavy atom. The van der Waals surface area contributed by atoms with Gasteiger partial charge in [0.15, 0.2) is 0 Å². The maximum atomic E-state index is 5.99. The van der Waals surface area contributed by atoms with E-state index in [2.05, 4.69) is 46.0 Å². The van der Waals surface area contributed by atoms with Crippen LogP contribution in [0.15, 0.2) is 42.5 Å². The van der Waals surface area contributed by atoms with Gasteiger partial charge >= 0.3 is 0 Å². The summed E-state index contributed by atoms with van der Waals surface area (Å²) in [5.41, 5.74) is 3.53. The van der Waals surface area contributed by atoms with E-state index in [0.717, 1.165) is 28.1 Å². The second-order valence-electron chi connectivity index (χ2n) is 4.74. The Bertz CT molecular complexity index is 566. The molecule has 0 atom stereocenters. The lowest BCUT2D eigenvalue weighted by atomic mass is 10.1. The van der Waals surface area contributed by atoms with Crippen molar-refractivity contribution >= 4 is 21.6 Å². The first-order chi connectivity index (χ1) is 9.10. The standard InChI is InChI=1S/C16H18BrNO/c1-12-7-8-16(13(9-12)11-17)19-15-6-4-5-14(10-15)18(2)3/h4-10H,11H2,1-3H3.